The highest BCUT2D eigenvalue weighted by Crippen LogP contribution is 2.52. The summed E-state index contributed by atoms with van der Waals surface area (Å²) in [5, 5.41) is 0.177. The molecule has 8 heteroatoms. The number of rotatable bonds is 9. The largest absolute Gasteiger partial charge is 0.462 e. The molecule has 0 amide bonds. The Morgan fingerprint density at radius 1 is 0.614 bits per heavy atom. The minimum absolute atomic E-state index is 0.177. The average molecular weight is 631 g/mol. The molecular formula is C36H55O7P. The SMILES string of the molecule is CCCOC(=O)c1cc(C(C)(C)C)c(OP(=O)(O)c2c(C(C)(C)C)cc(C(=O)OCCC)cc2C(C)(C)C)c(C(C)(C)C)c1. The first-order valence-corrected chi connectivity index (χ1v) is 17.2. The topological polar surface area (TPSA) is 99.1 Å². The van der Waals surface area contributed by atoms with Gasteiger partial charge >= 0.3 is 19.5 Å². The van der Waals surface area contributed by atoms with E-state index in [1.807, 2.05) is 96.9 Å². The third kappa shape index (κ3) is 8.97. The minimum atomic E-state index is -4.62. The fraction of sp³-hybridized carbons (Fsp3) is 0.611. The molecule has 0 fully saturated rings. The second-order valence-corrected chi connectivity index (χ2v) is 17.4. The normalized spacial score (nSPS) is 14.2. The Bertz CT molecular complexity index is 1340. The van der Waals surface area contributed by atoms with Crippen LogP contribution in [-0.2, 0) is 35.7 Å². The molecule has 0 saturated carbocycles. The van der Waals surface area contributed by atoms with Gasteiger partial charge in [0.25, 0.3) is 0 Å². The lowest BCUT2D eigenvalue weighted by molar-refractivity contribution is 0.0495. The van der Waals surface area contributed by atoms with E-state index >= 15 is 0 Å². The summed E-state index contributed by atoms with van der Waals surface area (Å²) in [6, 6.07) is 6.75. The summed E-state index contributed by atoms with van der Waals surface area (Å²) in [7, 11) is -4.62. The van der Waals surface area contributed by atoms with Crippen LogP contribution in [0.15, 0.2) is 24.3 Å². The molecule has 0 bridgehead atoms. The quantitative estimate of drug-likeness (QED) is 0.218. The van der Waals surface area contributed by atoms with Crippen molar-refractivity contribution in [3.05, 3.63) is 57.6 Å². The summed E-state index contributed by atoms with van der Waals surface area (Å²) in [6.07, 6.45) is 1.38. The third-order valence-corrected chi connectivity index (χ3v) is 8.75. The highest BCUT2D eigenvalue weighted by atomic mass is 31.2. The van der Waals surface area contributed by atoms with Gasteiger partial charge in [-0.2, -0.15) is 0 Å². The van der Waals surface area contributed by atoms with Gasteiger partial charge in [-0.3, -0.25) is 0 Å². The Morgan fingerprint density at radius 2 is 0.909 bits per heavy atom. The molecule has 246 valence electrons. The van der Waals surface area contributed by atoms with E-state index in [1.165, 1.54) is 0 Å². The number of carbonyl (C=O) groups excluding carboxylic acids is 2. The lowest BCUT2D eigenvalue weighted by Crippen LogP contribution is -2.33. The minimum Gasteiger partial charge on any atom is -0.462 e. The van der Waals surface area contributed by atoms with Crippen molar-refractivity contribution in [2.75, 3.05) is 13.2 Å². The molecule has 0 spiro atoms. The molecule has 1 atom stereocenters. The van der Waals surface area contributed by atoms with Crippen LogP contribution in [0, 0.1) is 0 Å². The van der Waals surface area contributed by atoms with Gasteiger partial charge in [-0.1, -0.05) is 96.9 Å². The van der Waals surface area contributed by atoms with Crippen LogP contribution in [0.5, 0.6) is 5.75 Å². The van der Waals surface area contributed by atoms with Gasteiger partial charge in [-0.05, 0) is 69.9 Å². The van der Waals surface area contributed by atoms with E-state index in [0.717, 1.165) is 0 Å². The summed E-state index contributed by atoms with van der Waals surface area (Å²) in [6.45, 7) is 27.9. The summed E-state index contributed by atoms with van der Waals surface area (Å²) in [5.41, 5.74) is 0.671. The molecule has 0 radical (unpaired) electrons. The van der Waals surface area contributed by atoms with E-state index in [2.05, 4.69) is 0 Å². The maximum Gasteiger partial charge on any atom is 0.408 e. The zero-order chi connectivity index (χ0) is 34.1. The second kappa shape index (κ2) is 13.4. The second-order valence-electron chi connectivity index (χ2n) is 15.7. The molecule has 0 aromatic heterocycles. The van der Waals surface area contributed by atoms with Crippen molar-refractivity contribution in [1.29, 1.82) is 0 Å². The maximum absolute atomic E-state index is 14.8. The van der Waals surface area contributed by atoms with Crippen molar-refractivity contribution in [2.45, 2.75) is 131 Å². The van der Waals surface area contributed by atoms with Gasteiger partial charge in [0.15, 0.2) is 0 Å². The first-order valence-electron chi connectivity index (χ1n) is 15.6. The van der Waals surface area contributed by atoms with Gasteiger partial charge in [0.1, 0.15) is 5.75 Å². The van der Waals surface area contributed by atoms with Crippen molar-refractivity contribution < 1.29 is 33.0 Å². The highest BCUT2D eigenvalue weighted by Gasteiger charge is 2.41. The Balaban J connectivity index is 3.00. The fourth-order valence-electron chi connectivity index (χ4n) is 4.88. The molecule has 7 nitrogen and oxygen atoms in total. The van der Waals surface area contributed by atoms with E-state index in [9.17, 15) is 19.0 Å². The number of ether oxygens (including phenoxy) is 2. The number of benzene rings is 2. The van der Waals surface area contributed by atoms with Crippen molar-refractivity contribution in [1.82, 2.24) is 0 Å². The Morgan fingerprint density at radius 3 is 1.18 bits per heavy atom. The molecule has 0 saturated heterocycles. The maximum atomic E-state index is 14.8. The Labute approximate surface area is 265 Å². The van der Waals surface area contributed by atoms with Gasteiger partial charge in [-0.15, -0.1) is 0 Å². The zero-order valence-corrected chi connectivity index (χ0v) is 30.4. The first kappa shape index (κ1) is 37.6. The molecule has 0 aliphatic heterocycles. The van der Waals surface area contributed by atoms with Crippen molar-refractivity contribution in [3.8, 4) is 5.75 Å². The average Bonchev–Trinajstić information content (AvgIpc) is 2.87. The third-order valence-electron chi connectivity index (χ3n) is 7.27. The van der Waals surface area contributed by atoms with E-state index in [0.29, 0.717) is 52.8 Å². The van der Waals surface area contributed by atoms with Crippen LogP contribution in [0.1, 0.15) is 153 Å². The summed E-state index contributed by atoms with van der Waals surface area (Å²) < 4.78 is 32.1. The van der Waals surface area contributed by atoms with E-state index < -0.39 is 41.2 Å². The molecule has 0 aliphatic rings. The molecular weight excluding hydrogens is 575 g/mol. The van der Waals surface area contributed by atoms with Gasteiger partial charge in [0.2, 0.25) is 0 Å². The number of hydrogen-bond acceptors (Lipinski definition) is 6. The number of esters is 2. The Hall–Kier alpha value is -2.63. The highest BCUT2D eigenvalue weighted by molar-refractivity contribution is 7.61. The molecule has 2 aromatic rings. The van der Waals surface area contributed by atoms with Crippen molar-refractivity contribution in [3.63, 3.8) is 0 Å². The molecule has 0 aliphatic carbocycles. The van der Waals surface area contributed by atoms with Crippen LogP contribution in [0.25, 0.3) is 0 Å². The predicted molar refractivity (Wildman–Crippen MR) is 179 cm³/mol. The molecule has 1 N–H and O–H groups in total. The molecule has 2 rings (SSSR count). The van der Waals surface area contributed by atoms with Crippen LogP contribution in [0.2, 0.25) is 0 Å². The van der Waals surface area contributed by atoms with Gasteiger partial charge in [0.05, 0.1) is 29.6 Å². The lowest BCUT2D eigenvalue weighted by Gasteiger charge is -2.34. The van der Waals surface area contributed by atoms with Crippen molar-refractivity contribution >= 4 is 24.8 Å². The van der Waals surface area contributed by atoms with Crippen LogP contribution < -0.4 is 9.83 Å². The molecule has 1 unspecified atom stereocenters. The first-order chi connectivity index (χ1) is 19.9. The van der Waals surface area contributed by atoms with Crippen molar-refractivity contribution in [2.24, 2.45) is 0 Å². The monoisotopic (exact) mass is 630 g/mol. The van der Waals surface area contributed by atoms with Crippen LogP contribution in [0.4, 0.5) is 0 Å². The van der Waals surface area contributed by atoms with Gasteiger partial charge < -0.3 is 18.9 Å². The molecule has 0 heterocycles. The zero-order valence-electron chi connectivity index (χ0n) is 29.5. The van der Waals surface area contributed by atoms with Crippen LogP contribution in [-0.4, -0.2) is 30.0 Å². The van der Waals surface area contributed by atoms with Crippen LogP contribution in [0.3, 0.4) is 0 Å². The fourth-order valence-corrected chi connectivity index (χ4v) is 6.83. The lowest BCUT2D eigenvalue weighted by atomic mass is 9.78. The predicted octanol–water partition coefficient (Wildman–Crippen LogP) is 8.90. The standard InChI is InChI=1S/C36H55O7P/c1-15-17-41-31(37)23-19-25(33(3,4)5)29(26(20-23)34(6,7)8)43-44(39,40)30-27(35(9,10)11)21-24(32(38)42-18-16-2)22-28(30)36(12,13)14/h19-22H,15-18H2,1-14H3,(H,39,40). The van der Waals surface area contributed by atoms with E-state index in [4.69, 9.17) is 14.0 Å². The molecule has 2 aromatic carbocycles. The molecule has 44 heavy (non-hydrogen) atoms. The Kier molecular flexibility index (Phi) is 11.4. The summed E-state index contributed by atoms with van der Waals surface area (Å²) >= 11 is 0. The smallest absolute Gasteiger partial charge is 0.408 e. The van der Waals surface area contributed by atoms with Crippen LogP contribution >= 0.6 is 7.60 Å². The van der Waals surface area contributed by atoms with E-state index in [-0.39, 0.29) is 17.7 Å². The number of hydrogen-bond donors (Lipinski definition) is 1. The van der Waals surface area contributed by atoms with Gasteiger partial charge in [0, 0.05) is 11.1 Å². The number of carbonyl (C=O) groups is 2. The summed E-state index contributed by atoms with van der Waals surface area (Å²) in [5.74, 6) is -0.648. The van der Waals surface area contributed by atoms with Gasteiger partial charge in [-0.25, -0.2) is 14.2 Å². The summed E-state index contributed by atoms with van der Waals surface area (Å²) in [4.78, 5) is 38.2. The van der Waals surface area contributed by atoms with E-state index in [1.54, 1.807) is 24.3 Å².